The summed E-state index contributed by atoms with van der Waals surface area (Å²) in [6, 6.07) is 11.3. The van der Waals surface area contributed by atoms with Gasteiger partial charge in [-0.2, -0.15) is 0 Å². The fourth-order valence-corrected chi connectivity index (χ4v) is 4.35. The van der Waals surface area contributed by atoms with E-state index in [9.17, 15) is 0 Å². The largest absolute Gasteiger partial charge is 0.306 e. The van der Waals surface area contributed by atoms with Crippen LogP contribution in [0.5, 0.6) is 0 Å². The lowest BCUT2D eigenvalue weighted by atomic mass is 10.1. The van der Waals surface area contributed by atoms with E-state index in [0.717, 1.165) is 13.0 Å². The molecule has 1 aromatic carbocycles. The molecule has 1 N–H and O–H groups in total. The van der Waals surface area contributed by atoms with Gasteiger partial charge in [-0.15, -0.1) is 11.3 Å². The topological polar surface area (TPSA) is 12.0 Å². The summed E-state index contributed by atoms with van der Waals surface area (Å²) in [5, 5.41) is 3.65. The summed E-state index contributed by atoms with van der Waals surface area (Å²) >= 11 is 7.90. The van der Waals surface area contributed by atoms with Gasteiger partial charge in [0, 0.05) is 17.8 Å². The second-order valence-corrected chi connectivity index (χ2v) is 7.90. The Morgan fingerprint density at radius 2 is 2.00 bits per heavy atom. The van der Waals surface area contributed by atoms with Crippen molar-refractivity contribution in [3.05, 3.63) is 53.7 Å². The van der Waals surface area contributed by atoms with Gasteiger partial charge in [0.05, 0.1) is 6.04 Å². The summed E-state index contributed by atoms with van der Waals surface area (Å²) in [4.78, 5) is 2.71. The molecule has 1 nitrogen and oxygen atoms in total. The molecule has 4 heteroatoms. The second kappa shape index (κ2) is 7.20. The second-order valence-electron chi connectivity index (χ2n) is 4.51. The van der Waals surface area contributed by atoms with Crippen LogP contribution in [0.3, 0.4) is 0 Å². The highest BCUT2D eigenvalue weighted by Crippen LogP contribution is 2.35. The minimum atomic E-state index is 0.282. The minimum absolute atomic E-state index is 0.282. The predicted molar refractivity (Wildman–Crippen MR) is 96.1 cm³/mol. The van der Waals surface area contributed by atoms with Gasteiger partial charge in [-0.05, 0) is 82.2 Å². The van der Waals surface area contributed by atoms with Crippen molar-refractivity contribution in [3.63, 3.8) is 0 Å². The fourth-order valence-electron chi connectivity index (χ4n) is 2.00. The lowest BCUT2D eigenvalue weighted by Crippen LogP contribution is -2.22. The van der Waals surface area contributed by atoms with E-state index in [1.54, 1.807) is 0 Å². The molecule has 0 spiro atoms. The molecule has 1 heterocycles. The Bertz CT molecular complexity index is 536. The van der Waals surface area contributed by atoms with Gasteiger partial charge in [0.15, 0.2) is 0 Å². The number of rotatable bonds is 5. The van der Waals surface area contributed by atoms with E-state index in [2.05, 4.69) is 88.0 Å². The van der Waals surface area contributed by atoms with Crippen molar-refractivity contribution in [1.82, 2.24) is 5.32 Å². The minimum Gasteiger partial charge on any atom is -0.306 e. The highest BCUT2D eigenvalue weighted by molar-refractivity contribution is 14.1. The molecule has 0 aliphatic carbocycles. The molecule has 0 bridgehead atoms. The molecule has 2 rings (SSSR count). The van der Waals surface area contributed by atoms with Crippen LogP contribution in [0, 0.1) is 10.5 Å². The van der Waals surface area contributed by atoms with Crippen molar-refractivity contribution in [2.24, 2.45) is 0 Å². The van der Waals surface area contributed by atoms with E-state index >= 15 is 0 Å². The van der Waals surface area contributed by atoms with Crippen LogP contribution in [0.1, 0.15) is 34.7 Å². The molecule has 1 aromatic heterocycles. The maximum atomic E-state index is 3.69. The number of nitrogens with one attached hydrogen (secondary N) is 1. The standard InChI is InChI=1S/C15H17BrINS/c1-3-8-18-14(11-4-6-12(17)7-5-11)15-13(16)9-10(2)19-15/h4-7,9,14,18H,3,8H2,1-2H3. The van der Waals surface area contributed by atoms with Crippen LogP contribution in [-0.4, -0.2) is 6.54 Å². The predicted octanol–water partition coefficient (Wildman–Crippen LogP) is 5.51. The molecule has 102 valence electrons. The van der Waals surface area contributed by atoms with E-state index < -0.39 is 0 Å². The highest BCUT2D eigenvalue weighted by Gasteiger charge is 2.18. The van der Waals surface area contributed by atoms with Crippen molar-refractivity contribution < 1.29 is 0 Å². The van der Waals surface area contributed by atoms with Crippen LogP contribution in [0.4, 0.5) is 0 Å². The van der Waals surface area contributed by atoms with Crippen LogP contribution in [0.15, 0.2) is 34.8 Å². The average molecular weight is 450 g/mol. The van der Waals surface area contributed by atoms with Crippen LogP contribution in [0.25, 0.3) is 0 Å². The third-order valence-electron chi connectivity index (χ3n) is 2.90. The van der Waals surface area contributed by atoms with Gasteiger partial charge < -0.3 is 5.32 Å². The van der Waals surface area contributed by atoms with E-state index in [-0.39, 0.29) is 6.04 Å². The SMILES string of the molecule is CCCNC(c1ccc(I)cc1)c1sc(C)cc1Br. The van der Waals surface area contributed by atoms with E-state index in [1.807, 2.05) is 11.3 Å². The van der Waals surface area contributed by atoms with E-state index in [4.69, 9.17) is 0 Å². The summed E-state index contributed by atoms with van der Waals surface area (Å²) < 4.78 is 2.49. The van der Waals surface area contributed by atoms with Gasteiger partial charge in [0.2, 0.25) is 0 Å². The Labute approximate surface area is 141 Å². The van der Waals surface area contributed by atoms with Crippen LogP contribution >= 0.6 is 49.9 Å². The lowest BCUT2D eigenvalue weighted by molar-refractivity contribution is 0.604. The zero-order valence-electron chi connectivity index (χ0n) is 11.0. The van der Waals surface area contributed by atoms with Crippen LogP contribution in [-0.2, 0) is 0 Å². The first kappa shape index (κ1) is 15.5. The Hall–Kier alpha value is 0.0900. The molecule has 1 atom stereocenters. The fraction of sp³-hybridized carbons (Fsp3) is 0.333. The zero-order valence-corrected chi connectivity index (χ0v) is 15.6. The van der Waals surface area contributed by atoms with Gasteiger partial charge in [-0.25, -0.2) is 0 Å². The van der Waals surface area contributed by atoms with Crippen molar-refractivity contribution in [2.75, 3.05) is 6.54 Å². The molecule has 0 saturated heterocycles. The number of thiophene rings is 1. The normalized spacial score (nSPS) is 12.6. The first-order valence-electron chi connectivity index (χ1n) is 6.36. The number of hydrogen-bond donors (Lipinski definition) is 1. The molecule has 0 amide bonds. The Balaban J connectivity index is 2.35. The molecule has 2 aromatic rings. The number of aryl methyl sites for hydroxylation is 1. The van der Waals surface area contributed by atoms with Gasteiger partial charge in [-0.1, -0.05) is 19.1 Å². The first-order valence-corrected chi connectivity index (χ1v) is 9.05. The molecule has 0 saturated carbocycles. The van der Waals surface area contributed by atoms with Crippen LogP contribution in [0.2, 0.25) is 0 Å². The monoisotopic (exact) mass is 449 g/mol. The summed E-state index contributed by atoms with van der Waals surface area (Å²) in [6.45, 7) is 5.39. The maximum Gasteiger partial charge on any atom is 0.0682 e. The lowest BCUT2D eigenvalue weighted by Gasteiger charge is -2.18. The summed E-state index contributed by atoms with van der Waals surface area (Å²) in [7, 11) is 0. The summed E-state index contributed by atoms with van der Waals surface area (Å²) in [5.41, 5.74) is 1.33. The molecule has 1 unspecified atom stereocenters. The molecule has 0 aliphatic heterocycles. The smallest absolute Gasteiger partial charge is 0.0682 e. The average Bonchev–Trinajstić information content (AvgIpc) is 2.71. The third-order valence-corrected chi connectivity index (χ3v) is 5.65. The van der Waals surface area contributed by atoms with Crippen molar-refractivity contribution >= 4 is 49.9 Å². The molecular weight excluding hydrogens is 433 g/mol. The number of hydrogen-bond acceptors (Lipinski definition) is 2. The van der Waals surface area contributed by atoms with E-state index in [1.165, 1.54) is 23.4 Å². The molecule has 0 radical (unpaired) electrons. The number of halogens is 2. The van der Waals surface area contributed by atoms with Crippen molar-refractivity contribution in [2.45, 2.75) is 26.3 Å². The molecule has 19 heavy (non-hydrogen) atoms. The zero-order chi connectivity index (χ0) is 13.8. The Morgan fingerprint density at radius 3 is 2.53 bits per heavy atom. The van der Waals surface area contributed by atoms with Crippen molar-refractivity contribution in [3.8, 4) is 0 Å². The quantitative estimate of drug-likeness (QED) is 0.593. The summed E-state index contributed by atoms with van der Waals surface area (Å²) in [6.07, 6.45) is 1.14. The molecule has 0 aliphatic rings. The van der Waals surface area contributed by atoms with Gasteiger partial charge >= 0.3 is 0 Å². The molecular formula is C15H17BrINS. The Kier molecular flexibility index (Phi) is 5.87. The molecule has 0 fully saturated rings. The van der Waals surface area contributed by atoms with Crippen molar-refractivity contribution in [1.29, 1.82) is 0 Å². The van der Waals surface area contributed by atoms with Gasteiger partial charge in [-0.3, -0.25) is 0 Å². The first-order chi connectivity index (χ1) is 9.11. The Morgan fingerprint density at radius 1 is 1.32 bits per heavy atom. The van der Waals surface area contributed by atoms with Gasteiger partial charge in [0.1, 0.15) is 0 Å². The third kappa shape index (κ3) is 4.03. The number of benzene rings is 1. The van der Waals surface area contributed by atoms with Gasteiger partial charge in [0.25, 0.3) is 0 Å². The summed E-state index contributed by atoms with van der Waals surface area (Å²) in [5.74, 6) is 0. The maximum absolute atomic E-state index is 3.69. The van der Waals surface area contributed by atoms with E-state index in [0.29, 0.717) is 0 Å². The highest BCUT2D eigenvalue weighted by atomic mass is 127. The van der Waals surface area contributed by atoms with Crippen LogP contribution < -0.4 is 5.32 Å².